The van der Waals surface area contributed by atoms with E-state index in [-0.39, 0.29) is 29.0 Å². The van der Waals surface area contributed by atoms with Crippen molar-refractivity contribution >= 4 is 34.3 Å². The molecule has 0 radical (unpaired) electrons. The monoisotopic (exact) mass is 644 g/mol. The molecule has 2 fully saturated rings. The Morgan fingerprint density at radius 1 is 1.07 bits per heavy atom. The maximum absolute atomic E-state index is 14.5. The zero-order valence-electron chi connectivity index (χ0n) is 29.2. The van der Waals surface area contributed by atoms with Gasteiger partial charge < -0.3 is 23.2 Å². The van der Waals surface area contributed by atoms with Gasteiger partial charge in [0.2, 0.25) is 0 Å². The van der Waals surface area contributed by atoms with Crippen molar-refractivity contribution in [2.75, 3.05) is 25.2 Å². The highest BCUT2D eigenvalue weighted by molar-refractivity contribution is 6.78. The van der Waals surface area contributed by atoms with Crippen molar-refractivity contribution in [1.82, 2.24) is 4.90 Å². The second kappa shape index (κ2) is 12.1. The van der Waals surface area contributed by atoms with Crippen molar-refractivity contribution in [3.63, 3.8) is 0 Å². The summed E-state index contributed by atoms with van der Waals surface area (Å²) < 4.78 is 26.0. The summed E-state index contributed by atoms with van der Waals surface area (Å²) in [6, 6.07) is 3.31. The van der Waals surface area contributed by atoms with Gasteiger partial charge in [-0.25, -0.2) is 9.69 Å². The summed E-state index contributed by atoms with van der Waals surface area (Å²) in [6.07, 6.45) is 3.25. The first kappa shape index (κ1) is 34.6. The number of hydrogen-bond acceptors (Lipinski definition) is 6. The summed E-state index contributed by atoms with van der Waals surface area (Å²) in [5, 5.41) is -0.116. The molecule has 44 heavy (non-hydrogen) atoms. The molecule has 1 aliphatic carbocycles. The third-order valence-corrected chi connectivity index (χ3v) is 21.3. The summed E-state index contributed by atoms with van der Waals surface area (Å²) >= 11 is 0. The van der Waals surface area contributed by atoms with Gasteiger partial charge in [-0.2, -0.15) is 0 Å². The molecular weight excluding hydrogens is 589 g/mol. The fourth-order valence-corrected chi connectivity index (χ4v) is 13.8. The molecule has 8 nitrogen and oxygen atoms in total. The highest BCUT2D eigenvalue weighted by Crippen LogP contribution is 2.58. The van der Waals surface area contributed by atoms with E-state index >= 15 is 0 Å². The molecule has 1 aromatic rings. The molecule has 0 bridgehead atoms. The third kappa shape index (κ3) is 5.98. The first-order chi connectivity index (χ1) is 20.4. The molecule has 3 aliphatic rings. The largest absolute Gasteiger partial charge is 0.540 e. The fraction of sp³-hybridized carbons (Fsp3) is 0.706. The number of amides is 2. The average molecular weight is 645 g/mol. The summed E-state index contributed by atoms with van der Waals surface area (Å²) in [6.45, 7) is 28.8. The normalized spacial score (nSPS) is 21.5. The summed E-state index contributed by atoms with van der Waals surface area (Å²) in [5.41, 5.74) is 1.89. The second-order valence-electron chi connectivity index (χ2n) is 15.6. The molecule has 2 heterocycles. The van der Waals surface area contributed by atoms with Gasteiger partial charge in [0.1, 0.15) is 12.4 Å². The van der Waals surface area contributed by atoms with Gasteiger partial charge in [0, 0.05) is 12.6 Å². The minimum Gasteiger partial charge on any atom is -0.540 e. The summed E-state index contributed by atoms with van der Waals surface area (Å²) in [5.74, 6) is 0.938. The first-order valence-corrected chi connectivity index (χ1v) is 21.4. The Morgan fingerprint density at radius 3 is 2.14 bits per heavy atom. The van der Waals surface area contributed by atoms with Gasteiger partial charge >= 0.3 is 6.09 Å². The Kier molecular flexibility index (Phi) is 9.53. The van der Waals surface area contributed by atoms with Gasteiger partial charge in [-0.05, 0) is 65.5 Å². The second-order valence-corrected chi connectivity index (χ2v) is 25.8. The van der Waals surface area contributed by atoms with Crippen LogP contribution in [0.5, 0.6) is 11.5 Å². The van der Waals surface area contributed by atoms with Crippen molar-refractivity contribution < 1.29 is 27.9 Å². The van der Waals surface area contributed by atoms with Crippen LogP contribution in [0.4, 0.5) is 10.5 Å². The van der Waals surface area contributed by atoms with Crippen LogP contribution in [0.3, 0.4) is 0 Å². The number of fused-ring (bicyclic) bond motifs is 2. The molecule has 2 atom stereocenters. The smallest absolute Gasteiger partial charge is 0.416 e. The van der Waals surface area contributed by atoms with E-state index in [2.05, 4.69) is 82.0 Å². The number of benzene rings is 1. The zero-order valence-corrected chi connectivity index (χ0v) is 31.2. The Labute approximate surface area is 267 Å². The Bertz CT molecular complexity index is 1250. The quantitative estimate of drug-likeness (QED) is 0.187. The van der Waals surface area contributed by atoms with Crippen molar-refractivity contribution in [3.05, 3.63) is 30.4 Å². The lowest BCUT2D eigenvalue weighted by Crippen LogP contribution is -2.58. The Hall–Kier alpha value is -2.31. The van der Waals surface area contributed by atoms with E-state index < -0.39 is 29.0 Å². The number of ether oxygens (including phenoxy) is 2. The van der Waals surface area contributed by atoms with Gasteiger partial charge in [0.15, 0.2) is 20.3 Å². The summed E-state index contributed by atoms with van der Waals surface area (Å²) in [4.78, 5) is 32.2. The van der Waals surface area contributed by atoms with Crippen LogP contribution in [0.1, 0.15) is 91.9 Å². The molecule has 4 rings (SSSR count). The number of methoxy groups -OCH3 is 1. The van der Waals surface area contributed by atoms with Crippen LogP contribution in [-0.2, 0) is 9.16 Å². The molecule has 1 unspecified atom stereocenters. The minimum absolute atomic E-state index is 0.0489. The lowest BCUT2D eigenvalue weighted by molar-refractivity contribution is 0.0528. The highest BCUT2D eigenvalue weighted by atomic mass is 28.4. The lowest BCUT2D eigenvalue weighted by atomic mass is 10.0. The van der Waals surface area contributed by atoms with Gasteiger partial charge in [-0.1, -0.05) is 75.0 Å². The predicted molar refractivity (Wildman–Crippen MR) is 182 cm³/mol. The SMILES string of the molecule is C=CCOC(=O)N1c2cc(O[Si](C(C)C)(C(C)C)C(C)C)c(OC)cc2C(=O)N2CC3(CC3)C[C@H]2C1O[Si](C)(C)C(C)(C)C. The molecule has 1 saturated carbocycles. The Balaban J connectivity index is 1.98. The van der Waals surface area contributed by atoms with Crippen LogP contribution in [0.2, 0.25) is 34.8 Å². The standard InChI is InChI=1S/C34H56N2O6Si2/c1-14-17-40-32(38)36-26-19-29(41-44(22(2)3,23(4)5)24(6)7)28(39-11)18-25(26)30(37)35-21-34(15-16-34)20-27(35)31(36)42-43(12,13)33(8,9)10/h14,18-19,22-24,27,31H,1,15-17,20-21H2,2-13H3/t27-,31?/m0/s1. The highest BCUT2D eigenvalue weighted by Gasteiger charge is 2.60. The zero-order chi connectivity index (χ0) is 33.0. The number of carbonyl (C=O) groups excluding carboxylic acids is 2. The van der Waals surface area contributed by atoms with E-state index in [1.165, 1.54) is 0 Å². The molecule has 246 valence electrons. The van der Waals surface area contributed by atoms with Crippen molar-refractivity contribution in [2.45, 2.75) is 129 Å². The molecule has 1 aromatic carbocycles. The van der Waals surface area contributed by atoms with E-state index in [1.54, 1.807) is 24.2 Å². The van der Waals surface area contributed by atoms with Crippen molar-refractivity contribution in [1.29, 1.82) is 0 Å². The molecule has 10 heteroatoms. The number of hydrogen-bond donors (Lipinski definition) is 0. The van der Waals surface area contributed by atoms with Crippen molar-refractivity contribution in [2.24, 2.45) is 5.41 Å². The van der Waals surface area contributed by atoms with E-state index in [4.69, 9.17) is 18.3 Å². The van der Waals surface area contributed by atoms with E-state index in [0.29, 0.717) is 45.9 Å². The average Bonchev–Trinajstić information content (AvgIpc) is 3.58. The number of rotatable bonds is 10. The first-order valence-electron chi connectivity index (χ1n) is 16.3. The maximum Gasteiger partial charge on any atom is 0.416 e. The number of anilines is 1. The fourth-order valence-electron chi connectivity index (χ4n) is 7.29. The predicted octanol–water partition coefficient (Wildman–Crippen LogP) is 8.73. The van der Waals surface area contributed by atoms with Gasteiger partial charge in [-0.15, -0.1) is 0 Å². The van der Waals surface area contributed by atoms with Crippen LogP contribution >= 0.6 is 0 Å². The van der Waals surface area contributed by atoms with Crippen LogP contribution in [0.15, 0.2) is 24.8 Å². The lowest BCUT2D eigenvalue weighted by Gasteiger charge is -2.44. The molecule has 0 aromatic heterocycles. The van der Waals surface area contributed by atoms with Crippen LogP contribution in [0.25, 0.3) is 0 Å². The van der Waals surface area contributed by atoms with Gasteiger partial charge in [0.25, 0.3) is 14.2 Å². The molecule has 0 N–H and O–H groups in total. The topological polar surface area (TPSA) is 77.5 Å². The van der Waals surface area contributed by atoms with E-state index in [1.807, 2.05) is 11.0 Å². The molecule has 1 spiro atoms. The van der Waals surface area contributed by atoms with Gasteiger partial charge in [-0.3, -0.25) is 4.79 Å². The third-order valence-electron chi connectivity index (χ3n) is 10.9. The van der Waals surface area contributed by atoms with Gasteiger partial charge in [0.05, 0.1) is 24.4 Å². The van der Waals surface area contributed by atoms with Crippen LogP contribution in [0, 0.1) is 5.41 Å². The van der Waals surface area contributed by atoms with Crippen LogP contribution in [-0.4, -0.2) is 66.1 Å². The molecular formula is C34H56N2O6Si2. The minimum atomic E-state index is -2.43. The molecule has 2 aliphatic heterocycles. The molecule has 2 amide bonds. The number of nitrogens with zero attached hydrogens (tertiary/aromatic N) is 2. The Morgan fingerprint density at radius 2 is 1.66 bits per heavy atom. The number of carbonyl (C=O) groups is 2. The van der Waals surface area contributed by atoms with Crippen molar-refractivity contribution in [3.8, 4) is 11.5 Å². The van der Waals surface area contributed by atoms with E-state index in [9.17, 15) is 9.59 Å². The van der Waals surface area contributed by atoms with Crippen LogP contribution < -0.4 is 14.1 Å². The maximum atomic E-state index is 14.5. The molecule has 1 saturated heterocycles. The summed E-state index contributed by atoms with van der Waals surface area (Å²) in [7, 11) is -3.25. The van der Waals surface area contributed by atoms with E-state index in [0.717, 1.165) is 19.3 Å².